The van der Waals surface area contributed by atoms with Crippen molar-refractivity contribution in [3.8, 4) is 0 Å². The van der Waals surface area contributed by atoms with Crippen molar-refractivity contribution in [3.63, 3.8) is 0 Å². The second-order valence-electron chi connectivity index (χ2n) is 1.38. The van der Waals surface area contributed by atoms with Crippen LogP contribution in [0.3, 0.4) is 0 Å². The Morgan fingerprint density at radius 1 is 1.78 bits per heavy atom. The fourth-order valence-electron chi connectivity index (χ4n) is 0.199. The molecule has 0 aliphatic heterocycles. The Bertz CT molecular complexity index is 114. The van der Waals surface area contributed by atoms with Crippen LogP contribution in [0.5, 0.6) is 0 Å². The molecule has 0 spiro atoms. The normalized spacial score (nSPS) is 7.33. The van der Waals surface area contributed by atoms with Crippen molar-refractivity contribution in [2.75, 3.05) is 6.35 Å². The molecule has 0 aromatic heterocycles. The highest BCUT2D eigenvalue weighted by Gasteiger charge is 1.98. The summed E-state index contributed by atoms with van der Waals surface area (Å²) in [5, 5.41) is 0. The maximum Gasteiger partial charge on any atom is 0.333 e. The number of hydrogen-bond acceptors (Lipinski definition) is 2. The highest BCUT2D eigenvalue weighted by atomic mass is 35.5. The maximum absolute atomic E-state index is 10.4. The quantitative estimate of drug-likeness (QED) is 0.354. The van der Waals surface area contributed by atoms with Gasteiger partial charge in [-0.25, -0.2) is 4.79 Å². The molecule has 54 valence electrons. The van der Waals surface area contributed by atoms with Gasteiger partial charge in [0.25, 0.3) is 0 Å². The van der Waals surface area contributed by atoms with Gasteiger partial charge in [-0.3, -0.25) is 0 Å². The molecule has 0 aromatic carbocycles. The van der Waals surface area contributed by atoms with Crippen LogP contribution in [0.4, 0.5) is 0 Å². The van der Waals surface area contributed by atoms with Gasteiger partial charge < -0.3 is 4.74 Å². The van der Waals surface area contributed by atoms with Gasteiger partial charge in [-0.05, 0) is 6.92 Å². The largest absolute Gasteiger partial charge is 0.458 e. The van der Waals surface area contributed by atoms with Crippen molar-refractivity contribution in [3.05, 3.63) is 12.2 Å². The summed E-state index contributed by atoms with van der Waals surface area (Å²) in [6.07, 6.45) is 0.339. The minimum atomic E-state index is -0.333. The molecule has 0 aromatic rings. The molecule has 2 nitrogen and oxygen atoms in total. The molecule has 0 bridgehead atoms. The highest BCUT2D eigenvalue weighted by Crippen LogP contribution is 1.93. The van der Waals surface area contributed by atoms with E-state index in [2.05, 4.69) is 20.6 Å². The Kier molecular flexibility index (Phi) is 7.87. The van der Waals surface area contributed by atoms with Gasteiger partial charge >= 0.3 is 5.97 Å². The van der Waals surface area contributed by atoms with E-state index in [1.54, 1.807) is 6.92 Å². The summed E-state index contributed by atoms with van der Waals surface area (Å²) in [5.41, 5.74) is 0.437. The van der Waals surface area contributed by atoms with Gasteiger partial charge in [-0.2, -0.15) is 0 Å². The van der Waals surface area contributed by atoms with Crippen molar-refractivity contribution in [2.24, 2.45) is 0 Å². The van der Waals surface area contributed by atoms with Crippen LogP contribution in [0.1, 0.15) is 6.92 Å². The molecule has 0 heterocycles. The first-order valence-electron chi connectivity index (χ1n) is 2.21. The first-order valence-corrected chi connectivity index (χ1v) is 3.03. The van der Waals surface area contributed by atoms with Crippen LogP contribution in [-0.2, 0) is 9.53 Å². The van der Waals surface area contributed by atoms with Crippen LogP contribution in [0.2, 0.25) is 0 Å². The molecule has 0 fully saturated rings. The molecule has 1 atom stereocenters. The fraction of sp³-hybridized carbons (Fsp3) is 0.400. The Morgan fingerprint density at radius 3 is 2.33 bits per heavy atom. The Labute approximate surface area is 63.3 Å². The van der Waals surface area contributed by atoms with E-state index in [-0.39, 0.29) is 18.4 Å². The van der Waals surface area contributed by atoms with E-state index in [1.807, 2.05) is 0 Å². The molecule has 0 amide bonds. The van der Waals surface area contributed by atoms with Gasteiger partial charge in [-0.1, -0.05) is 15.8 Å². The standard InChI is InChI=1S/C5H9O2P.ClH/c1-4(2)5(6)7-3-8;/h1,3,8H2,2H3;1H. The SMILES string of the molecule is C=C(C)C(=O)OCP.Cl. The lowest BCUT2D eigenvalue weighted by atomic mass is 10.4. The zero-order valence-corrected chi connectivity index (χ0v) is 7.19. The Hall–Kier alpha value is -0.0700. The van der Waals surface area contributed by atoms with Crippen molar-refractivity contribution in [2.45, 2.75) is 6.92 Å². The molecule has 4 heteroatoms. The molecular formula is C5H10ClO2P. The predicted octanol–water partition coefficient (Wildman–Crippen LogP) is 1.36. The third-order valence-electron chi connectivity index (χ3n) is 0.563. The minimum Gasteiger partial charge on any atom is -0.458 e. The Balaban J connectivity index is 0. The van der Waals surface area contributed by atoms with E-state index in [9.17, 15) is 4.79 Å². The van der Waals surface area contributed by atoms with Gasteiger partial charge in [0, 0.05) is 5.57 Å². The molecule has 0 rings (SSSR count). The van der Waals surface area contributed by atoms with Crippen LogP contribution < -0.4 is 0 Å². The number of ether oxygens (including phenoxy) is 1. The van der Waals surface area contributed by atoms with E-state index in [0.717, 1.165) is 0 Å². The van der Waals surface area contributed by atoms with E-state index in [0.29, 0.717) is 11.9 Å². The van der Waals surface area contributed by atoms with Crippen molar-refractivity contribution < 1.29 is 9.53 Å². The number of carbonyl (C=O) groups is 1. The summed E-state index contributed by atoms with van der Waals surface area (Å²) in [6.45, 7) is 5.00. The summed E-state index contributed by atoms with van der Waals surface area (Å²) in [6, 6.07) is 0. The molecular weight excluding hydrogens is 158 g/mol. The van der Waals surface area contributed by atoms with Gasteiger partial charge in [0.05, 0.1) is 0 Å². The summed E-state index contributed by atoms with van der Waals surface area (Å²) in [7, 11) is 2.28. The first-order chi connectivity index (χ1) is 3.68. The molecule has 0 aliphatic carbocycles. The number of halogens is 1. The third-order valence-corrected chi connectivity index (χ3v) is 0.730. The van der Waals surface area contributed by atoms with Gasteiger partial charge in [0.15, 0.2) is 0 Å². The van der Waals surface area contributed by atoms with Crippen LogP contribution in [0.25, 0.3) is 0 Å². The lowest BCUT2D eigenvalue weighted by molar-refractivity contribution is -0.136. The molecule has 0 N–H and O–H groups in total. The van der Waals surface area contributed by atoms with E-state index < -0.39 is 0 Å². The van der Waals surface area contributed by atoms with Crippen LogP contribution >= 0.6 is 21.6 Å². The molecule has 9 heavy (non-hydrogen) atoms. The summed E-state index contributed by atoms with van der Waals surface area (Å²) < 4.78 is 4.53. The maximum atomic E-state index is 10.4. The average Bonchev–Trinajstić information content (AvgIpc) is 1.67. The van der Waals surface area contributed by atoms with Crippen LogP contribution in [0.15, 0.2) is 12.2 Å². The number of hydrogen-bond donors (Lipinski definition) is 0. The molecule has 0 saturated heterocycles. The lowest BCUT2D eigenvalue weighted by Crippen LogP contribution is -2.01. The van der Waals surface area contributed by atoms with Gasteiger partial charge in [0.1, 0.15) is 6.35 Å². The summed E-state index contributed by atoms with van der Waals surface area (Å²) in [4.78, 5) is 10.4. The average molecular weight is 169 g/mol. The smallest absolute Gasteiger partial charge is 0.333 e. The topological polar surface area (TPSA) is 26.3 Å². The zero-order valence-electron chi connectivity index (χ0n) is 5.22. The van der Waals surface area contributed by atoms with E-state index in [4.69, 9.17) is 0 Å². The molecule has 1 unspecified atom stereocenters. The highest BCUT2D eigenvalue weighted by molar-refractivity contribution is 7.16. The fourth-order valence-corrected chi connectivity index (χ4v) is 0.350. The molecule has 0 radical (unpaired) electrons. The van der Waals surface area contributed by atoms with E-state index in [1.165, 1.54) is 0 Å². The second-order valence-corrected chi connectivity index (χ2v) is 1.71. The monoisotopic (exact) mass is 168 g/mol. The van der Waals surface area contributed by atoms with Gasteiger partial charge in [0.2, 0.25) is 0 Å². The van der Waals surface area contributed by atoms with Crippen molar-refractivity contribution >= 4 is 27.6 Å². The lowest BCUT2D eigenvalue weighted by Gasteiger charge is -1.96. The van der Waals surface area contributed by atoms with Gasteiger partial charge in [-0.15, -0.1) is 12.4 Å². The Morgan fingerprint density at radius 2 is 2.22 bits per heavy atom. The molecule has 0 aliphatic rings. The van der Waals surface area contributed by atoms with Crippen molar-refractivity contribution in [1.82, 2.24) is 0 Å². The minimum absolute atomic E-state index is 0. The number of carbonyl (C=O) groups excluding carboxylic acids is 1. The van der Waals surface area contributed by atoms with Crippen molar-refractivity contribution in [1.29, 1.82) is 0 Å². The molecule has 0 saturated carbocycles. The summed E-state index contributed by atoms with van der Waals surface area (Å²) >= 11 is 0. The number of rotatable bonds is 2. The number of esters is 1. The third kappa shape index (κ3) is 5.81. The van der Waals surface area contributed by atoms with E-state index >= 15 is 0 Å². The second kappa shape index (κ2) is 6.06. The zero-order chi connectivity index (χ0) is 6.57. The predicted molar refractivity (Wildman–Crippen MR) is 42.7 cm³/mol. The van der Waals surface area contributed by atoms with Crippen LogP contribution in [0, 0.1) is 0 Å². The first kappa shape index (κ1) is 11.7. The van der Waals surface area contributed by atoms with Crippen LogP contribution in [-0.4, -0.2) is 12.3 Å². The summed E-state index contributed by atoms with van der Waals surface area (Å²) in [5.74, 6) is -0.333.